The molecule has 0 radical (unpaired) electrons. The molecule has 0 saturated heterocycles. The maximum absolute atomic E-state index is 6.28. The molecule has 1 unspecified atom stereocenters. The summed E-state index contributed by atoms with van der Waals surface area (Å²) in [5.41, 5.74) is 7.10. The third-order valence-corrected chi connectivity index (χ3v) is 2.87. The summed E-state index contributed by atoms with van der Waals surface area (Å²) in [4.78, 5) is 0. The molecule has 0 saturated carbocycles. The third-order valence-electron chi connectivity index (χ3n) is 2.87. The summed E-state index contributed by atoms with van der Waals surface area (Å²) >= 11 is 0. The Morgan fingerprint density at radius 2 is 1.94 bits per heavy atom. The molecule has 90 valence electrons. The van der Waals surface area contributed by atoms with Crippen LogP contribution in [0.15, 0.2) is 24.3 Å². The van der Waals surface area contributed by atoms with E-state index in [9.17, 15) is 0 Å². The van der Waals surface area contributed by atoms with Gasteiger partial charge in [-0.25, -0.2) is 0 Å². The predicted molar refractivity (Wildman–Crippen MR) is 65.8 cm³/mol. The minimum Gasteiger partial charge on any atom is -0.496 e. The molecule has 0 aliphatic carbocycles. The zero-order valence-corrected chi connectivity index (χ0v) is 10.3. The molecule has 1 aromatic carbocycles. The van der Waals surface area contributed by atoms with E-state index in [1.165, 1.54) is 0 Å². The first-order valence-electron chi connectivity index (χ1n) is 5.55. The Morgan fingerprint density at radius 3 is 2.50 bits per heavy atom. The standard InChI is InChI=1S/C13H21NO2/c1-4-13(14,10-15-2)9-11-7-5-6-8-12(11)16-3/h5-8H,4,9-10,14H2,1-3H3. The normalized spacial score (nSPS) is 14.5. The van der Waals surface area contributed by atoms with E-state index in [-0.39, 0.29) is 5.54 Å². The number of nitrogens with two attached hydrogens (primary N) is 1. The van der Waals surface area contributed by atoms with Crippen LogP contribution in [0.1, 0.15) is 18.9 Å². The number of hydrogen-bond acceptors (Lipinski definition) is 3. The molecular formula is C13H21NO2. The zero-order valence-electron chi connectivity index (χ0n) is 10.3. The molecule has 3 heteroatoms. The Labute approximate surface area is 97.6 Å². The Kier molecular flexibility index (Phi) is 4.77. The first kappa shape index (κ1) is 13.0. The summed E-state index contributed by atoms with van der Waals surface area (Å²) in [6.07, 6.45) is 1.64. The van der Waals surface area contributed by atoms with Gasteiger partial charge < -0.3 is 15.2 Å². The molecule has 0 spiro atoms. The van der Waals surface area contributed by atoms with Crippen molar-refractivity contribution in [2.24, 2.45) is 5.73 Å². The quantitative estimate of drug-likeness (QED) is 0.802. The fourth-order valence-corrected chi connectivity index (χ4v) is 1.79. The maximum atomic E-state index is 6.28. The van der Waals surface area contributed by atoms with Gasteiger partial charge in [0, 0.05) is 12.6 Å². The average Bonchev–Trinajstić information content (AvgIpc) is 2.30. The van der Waals surface area contributed by atoms with Crippen LogP contribution in [-0.2, 0) is 11.2 Å². The van der Waals surface area contributed by atoms with Gasteiger partial charge in [0.05, 0.1) is 13.7 Å². The van der Waals surface area contributed by atoms with Crippen molar-refractivity contribution in [2.75, 3.05) is 20.8 Å². The molecule has 2 N–H and O–H groups in total. The molecule has 0 amide bonds. The SMILES string of the molecule is CCC(N)(COC)Cc1ccccc1OC. The largest absolute Gasteiger partial charge is 0.496 e. The van der Waals surface area contributed by atoms with Crippen LogP contribution in [0.3, 0.4) is 0 Å². The molecule has 3 nitrogen and oxygen atoms in total. The van der Waals surface area contributed by atoms with Crippen LogP contribution in [0.2, 0.25) is 0 Å². The lowest BCUT2D eigenvalue weighted by Gasteiger charge is -2.28. The van der Waals surface area contributed by atoms with Crippen molar-refractivity contribution in [1.82, 2.24) is 0 Å². The van der Waals surface area contributed by atoms with Gasteiger partial charge in [0.1, 0.15) is 5.75 Å². The Balaban J connectivity index is 2.85. The highest BCUT2D eigenvalue weighted by atomic mass is 16.5. The predicted octanol–water partition coefficient (Wildman–Crippen LogP) is 1.99. The highest BCUT2D eigenvalue weighted by Gasteiger charge is 2.24. The van der Waals surface area contributed by atoms with Crippen LogP contribution >= 0.6 is 0 Å². The second-order valence-electron chi connectivity index (χ2n) is 4.14. The van der Waals surface area contributed by atoms with E-state index in [0.29, 0.717) is 6.61 Å². The number of benzene rings is 1. The lowest BCUT2D eigenvalue weighted by Crippen LogP contribution is -2.45. The van der Waals surface area contributed by atoms with Gasteiger partial charge in [0.2, 0.25) is 0 Å². The van der Waals surface area contributed by atoms with Gasteiger partial charge in [-0.15, -0.1) is 0 Å². The van der Waals surface area contributed by atoms with E-state index >= 15 is 0 Å². The summed E-state index contributed by atoms with van der Waals surface area (Å²) in [5.74, 6) is 0.891. The summed E-state index contributed by atoms with van der Waals surface area (Å²) in [6, 6.07) is 7.97. The summed E-state index contributed by atoms with van der Waals surface area (Å²) in [6.45, 7) is 2.63. The van der Waals surface area contributed by atoms with Gasteiger partial charge in [-0.3, -0.25) is 0 Å². The van der Waals surface area contributed by atoms with Crippen molar-refractivity contribution >= 4 is 0 Å². The molecule has 0 bridgehead atoms. The van der Waals surface area contributed by atoms with E-state index in [4.69, 9.17) is 15.2 Å². The smallest absolute Gasteiger partial charge is 0.122 e. The maximum Gasteiger partial charge on any atom is 0.122 e. The molecule has 0 fully saturated rings. The Hall–Kier alpha value is -1.06. The van der Waals surface area contributed by atoms with Crippen LogP contribution < -0.4 is 10.5 Å². The van der Waals surface area contributed by atoms with Crippen molar-refractivity contribution in [3.05, 3.63) is 29.8 Å². The van der Waals surface area contributed by atoms with Crippen LogP contribution in [-0.4, -0.2) is 26.4 Å². The van der Waals surface area contributed by atoms with E-state index in [1.54, 1.807) is 14.2 Å². The highest BCUT2D eigenvalue weighted by molar-refractivity contribution is 5.34. The fraction of sp³-hybridized carbons (Fsp3) is 0.538. The van der Waals surface area contributed by atoms with Gasteiger partial charge in [0.15, 0.2) is 0 Å². The highest BCUT2D eigenvalue weighted by Crippen LogP contribution is 2.23. The number of hydrogen-bond donors (Lipinski definition) is 1. The molecule has 1 atom stereocenters. The van der Waals surface area contributed by atoms with Gasteiger partial charge in [-0.05, 0) is 24.5 Å². The molecule has 0 heterocycles. The number of para-hydroxylation sites is 1. The summed E-state index contributed by atoms with van der Waals surface area (Å²) in [7, 11) is 3.36. The second kappa shape index (κ2) is 5.87. The van der Waals surface area contributed by atoms with Crippen LogP contribution in [0.4, 0.5) is 0 Å². The lowest BCUT2D eigenvalue weighted by molar-refractivity contribution is 0.129. The van der Waals surface area contributed by atoms with Gasteiger partial charge >= 0.3 is 0 Å². The first-order chi connectivity index (χ1) is 7.65. The van der Waals surface area contributed by atoms with Crippen molar-refractivity contribution in [2.45, 2.75) is 25.3 Å². The fourth-order valence-electron chi connectivity index (χ4n) is 1.79. The summed E-state index contributed by atoms with van der Waals surface area (Å²) in [5, 5.41) is 0. The third kappa shape index (κ3) is 3.22. The van der Waals surface area contributed by atoms with Gasteiger partial charge in [0.25, 0.3) is 0 Å². The topological polar surface area (TPSA) is 44.5 Å². The van der Waals surface area contributed by atoms with Crippen molar-refractivity contribution in [3.8, 4) is 5.75 Å². The number of rotatable bonds is 6. The van der Waals surface area contributed by atoms with E-state index in [1.807, 2.05) is 24.3 Å². The Bertz CT molecular complexity index is 327. The van der Waals surface area contributed by atoms with Crippen molar-refractivity contribution < 1.29 is 9.47 Å². The number of ether oxygens (including phenoxy) is 2. The molecule has 0 aromatic heterocycles. The van der Waals surface area contributed by atoms with Crippen LogP contribution in [0.25, 0.3) is 0 Å². The molecular weight excluding hydrogens is 202 g/mol. The second-order valence-corrected chi connectivity index (χ2v) is 4.14. The minimum absolute atomic E-state index is 0.316. The van der Waals surface area contributed by atoms with E-state index in [2.05, 4.69) is 6.92 Å². The van der Waals surface area contributed by atoms with E-state index < -0.39 is 0 Å². The Morgan fingerprint density at radius 1 is 1.25 bits per heavy atom. The van der Waals surface area contributed by atoms with Crippen LogP contribution in [0.5, 0.6) is 5.75 Å². The summed E-state index contributed by atoms with van der Waals surface area (Å²) < 4.78 is 10.5. The van der Waals surface area contributed by atoms with Crippen molar-refractivity contribution in [3.63, 3.8) is 0 Å². The van der Waals surface area contributed by atoms with Crippen molar-refractivity contribution in [1.29, 1.82) is 0 Å². The van der Waals surface area contributed by atoms with Gasteiger partial charge in [-0.2, -0.15) is 0 Å². The first-order valence-corrected chi connectivity index (χ1v) is 5.55. The number of methoxy groups -OCH3 is 2. The molecule has 16 heavy (non-hydrogen) atoms. The monoisotopic (exact) mass is 223 g/mol. The zero-order chi connectivity index (χ0) is 12.0. The minimum atomic E-state index is -0.316. The molecule has 1 aromatic rings. The molecule has 1 rings (SSSR count). The average molecular weight is 223 g/mol. The lowest BCUT2D eigenvalue weighted by atomic mass is 9.89. The molecule has 0 aliphatic rings. The van der Waals surface area contributed by atoms with E-state index in [0.717, 1.165) is 24.2 Å². The molecule has 0 aliphatic heterocycles. The van der Waals surface area contributed by atoms with Gasteiger partial charge in [-0.1, -0.05) is 25.1 Å². The van der Waals surface area contributed by atoms with Crippen LogP contribution in [0, 0.1) is 0 Å².